The number of ether oxygens (including phenoxy) is 1. The predicted octanol–water partition coefficient (Wildman–Crippen LogP) is 4.41. The first-order chi connectivity index (χ1) is 11.6. The summed E-state index contributed by atoms with van der Waals surface area (Å²) < 4.78 is 31.0. The second kappa shape index (κ2) is 9.16. The van der Waals surface area contributed by atoms with Gasteiger partial charge in [0.1, 0.15) is 11.1 Å². The number of carboxylic acid groups (broad SMARTS) is 1. The average molecular weight is 502 g/mol. The van der Waals surface area contributed by atoms with Crippen LogP contribution in [-0.2, 0) is 4.74 Å². The molecule has 0 radical (unpaired) electrons. The summed E-state index contributed by atoms with van der Waals surface area (Å²) >= 11 is 11.1. The van der Waals surface area contributed by atoms with Gasteiger partial charge in [0.25, 0.3) is 0 Å². The molecule has 0 saturated heterocycles. The Morgan fingerprint density at radius 1 is 1.12 bits per heavy atom. The quantitative estimate of drug-likeness (QED) is 0.483. The summed E-state index contributed by atoms with van der Waals surface area (Å²) in [5, 5.41) is 8.07. The largest absolute Gasteiger partial charge is 0.478 e. The summed E-state index contributed by atoms with van der Waals surface area (Å²) in [6.45, 7) is 1.48. The van der Waals surface area contributed by atoms with Crippen molar-refractivity contribution in [2.45, 2.75) is 6.92 Å². The van der Waals surface area contributed by atoms with Crippen LogP contribution in [-0.4, -0.2) is 34.1 Å². The molecule has 0 bridgehead atoms. The molecule has 2 aromatic rings. The van der Waals surface area contributed by atoms with Crippen molar-refractivity contribution < 1.29 is 28.2 Å². The molecular formula is C14H9Br2ClF2N2O4. The van der Waals surface area contributed by atoms with Gasteiger partial charge in [0.2, 0.25) is 0 Å². The molecule has 0 aliphatic carbocycles. The van der Waals surface area contributed by atoms with Gasteiger partial charge < -0.3 is 9.84 Å². The number of aromatic nitrogens is 2. The molecule has 0 saturated carbocycles. The van der Waals surface area contributed by atoms with Gasteiger partial charge in [0, 0.05) is 12.4 Å². The van der Waals surface area contributed by atoms with E-state index >= 15 is 0 Å². The van der Waals surface area contributed by atoms with Gasteiger partial charge in [0.15, 0.2) is 16.8 Å². The van der Waals surface area contributed by atoms with Crippen molar-refractivity contribution in [1.29, 1.82) is 0 Å². The van der Waals surface area contributed by atoms with E-state index in [1.165, 1.54) is 20.2 Å². The lowest BCUT2D eigenvalue weighted by Crippen LogP contribution is -2.08. The van der Waals surface area contributed by atoms with Crippen LogP contribution in [0.3, 0.4) is 0 Å². The standard InChI is InChI=1S/C8H7BrFNO2.C6H2BrClFNO2/c1-4-7(10)6(8(12)13-2)5(9)3-11-4;7-2-1-10-5(8)4(9)3(2)6(11)12/h3H,1-2H3;1H,(H,11,12). The first-order valence-electron chi connectivity index (χ1n) is 6.23. The molecule has 0 amide bonds. The summed E-state index contributed by atoms with van der Waals surface area (Å²) in [5.74, 6) is -3.78. The van der Waals surface area contributed by atoms with E-state index in [1.54, 1.807) is 0 Å². The van der Waals surface area contributed by atoms with Crippen molar-refractivity contribution in [3.63, 3.8) is 0 Å². The Morgan fingerprint density at radius 2 is 1.64 bits per heavy atom. The molecule has 2 heterocycles. The Hall–Kier alpha value is -1.65. The van der Waals surface area contributed by atoms with Crippen LogP contribution >= 0.6 is 43.5 Å². The monoisotopic (exact) mass is 500 g/mol. The molecule has 1 N–H and O–H groups in total. The SMILES string of the molecule is COC(=O)c1c(Br)cnc(C)c1F.O=C(O)c1c(Br)cnc(Cl)c1F. The van der Waals surface area contributed by atoms with Gasteiger partial charge in [-0.25, -0.2) is 23.4 Å². The fourth-order valence-corrected chi connectivity index (χ4v) is 2.52. The molecule has 11 heteroatoms. The normalized spacial score (nSPS) is 9.88. The maximum atomic E-state index is 13.3. The minimum atomic E-state index is -1.39. The van der Waals surface area contributed by atoms with Crippen molar-refractivity contribution in [2.75, 3.05) is 7.11 Å². The lowest BCUT2D eigenvalue weighted by molar-refractivity contribution is 0.0593. The van der Waals surface area contributed by atoms with Crippen LogP contribution in [0.1, 0.15) is 26.4 Å². The molecule has 25 heavy (non-hydrogen) atoms. The van der Waals surface area contributed by atoms with E-state index in [9.17, 15) is 18.4 Å². The summed E-state index contributed by atoms with van der Waals surface area (Å²) in [6, 6.07) is 0. The van der Waals surface area contributed by atoms with Crippen LogP contribution in [0.2, 0.25) is 5.15 Å². The fourth-order valence-electron chi connectivity index (χ4n) is 1.49. The van der Waals surface area contributed by atoms with E-state index in [2.05, 4.69) is 46.6 Å². The van der Waals surface area contributed by atoms with Crippen LogP contribution in [0.15, 0.2) is 21.3 Å². The van der Waals surface area contributed by atoms with Crippen molar-refractivity contribution in [3.8, 4) is 0 Å². The molecule has 0 atom stereocenters. The number of hydrogen-bond donors (Lipinski definition) is 1. The number of carbonyl (C=O) groups is 2. The zero-order valence-corrected chi connectivity index (χ0v) is 16.5. The van der Waals surface area contributed by atoms with Crippen LogP contribution < -0.4 is 0 Å². The van der Waals surface area contributed by atoms with E-state index in [0.29, 0.717) is 4.47 Å². The fraction of sp³-hybridized carbons (Fsp3) is 0.143. The Kier molecular flexibility index (Phi) is 7.84. The highest BCUT2D eigenvalue weighted by Crippen LogP contribution is 2.23. The van der Waals surface area contributed by atoms with E-state index in [0.717, 1.165) is 6.20 Å². The molecule has 0 aliphatic heterocycles. The molecule has 0 fully saturated rings. The Labute approximate surface area is 162 Å². The molecule has 2 aromatic heterocycles. The Morgan fingerprint density at radius 3 is 2.12 bits per heavy atom. The minimum Gasteiger partial charge on any atom is -0.478 e. The Bertz CT molecular complexity index is 837. The van der Waals surface area contributed by atoms with E-state index in [-0.39, 0.29) is 15.7 Å². The molecule has 0 aliphatic rings. The second-order valence-corrected chi connectivity index (χ2v) is 6.33. The third kappa shape index (κ3) is 5.16. The summed E-state index contributed by atoms with van der Waals surface area (Å²) in [7, 11) is 1.20. The minimum absolute atomic E-state index is 0.0666. The van der Waals surface area contributed by atoms with E-state index in [1.807, 2.05) is 0 Å². The molecule has 0 spiro atoms. The van der Waals surface area contributed by atoms with Gasteiger partial charge >= 0.3 is 11.9 Å². The van der Waals surface area contributed by atoms with E-state index in [4.69, 9.17) is 16.7 Å². The molecule has 134 valence electrons. The number of hydrogen-bond acceptors (Lipinski definition) is 5. The van der Waals surface area contributed by atoms with Gasteiger partial charge in [-0.3, -0.25) is 4.98 Å². The third-order valence-corrected chi connectivity index (χ3v) is 4.15. The van der Waals surface area contributed by atoms with Crippen molar-refractivity contribution in [2.24, 2.45) is 0 Å². The van der Waals surface area contributed by atoms with Crippen LogP contribution in [0, 0.1) is 18.6 Å². The van der Waals surface area contributed by atoms with Gasteiger partial charge in [-0.05, 0) is 38.8 Å². The molecule has 0 aromatic carbocycles. The number of rotatable bonds is 2. The van der Waals surface area contributed by atoms with Gasteiger partial charge in [0.05, 0.1) is 21.7 Å². The van der Waals surface area contributed by atoms with Gasteiger partial charge in [-0.15, -0.1) is 0 Å². The maximum absolute atomic E-state index is 13.3. The molecule has 0 unspecified atom stereocenters. The van der Waals surface area contributed by atoms with Crippen LogP contribution in [0.25, 0.3) is 0 Å². The zero-order valence-electron chi connectivity index (χ0n) is 12.6. The predicted molar refractivity (Wildman–Crippen MR) is 91.8 cm³/mol. The van der Waals surface area contributed by atoms with Crippen LogP contribution in [0.4, 0.5) is 8.78 Å². The highest BCUT2D eigenvalue weighted by molar-refractivity contribution is 9.10. The number of carboxylic acids is 1. The number of halogens is 5. The highest BCUT2D eigenvalue weighted by Gasteiger charge is 2.19. The molecule has 2 rings (SSSR count). The van der Waals surface area contributed by atoms with Gasteiger partial charge in [-0.1, -0.05) is 11.6 Å². The number of aromatic carboxylic acids is 1. The van der Waals surface area contributed by atoms with Crippen molar-refractivity contribution in [1.82, 2.24) is 9.97 Å². The number of nitrogens with zero attached hydrogens (tertiary/aromatic N) is 2. The lowest BCUT2D eigenvalue weighted by atomic mass is 10.2. The number of esters is 1. The van der Waals surface area contributed by atoms with E-state index < -0.39 is 34.3 Å². The summed E-state index contributed by atoms with van der Waals surface area (Å²) in [6.07, 6.45) is 2.50. The first kappa shape index (κ1) is 21.4. The smallest absolute Gasteiger partial charge is 0.342 e. The van der Waals surface area contributed by atoms with Crippen LogP contribution in [0.5, 0.6) is 0 Å². The molecule has 6 nitrogen and oxygen atoms in total. The number of aryl methyl sites for hydroxylation is 1. The summed E-state index contributed by atoms with van der Waals surface area (Å²) in [4.78, 5) is 28.7. The zero-order chi connectivity index (χ0) is 19.3. The van der Waals surface area contributed by atoms with Crippen molar-refractivity contribution in [3.05, 3.63) is 54.9 Å². The highest BCUT2D eigenvalue weighted by atomic mass is 79.9. The maximum Gasteiger partial charge on any atom is 0.342 e. The Balaban J connectivity index is 0.000000251. The van der Waals surface area contributed by atoms with Gasteiger partial charge in [-0.2, -0.15) is 0 Å². The number of carbonyl (C=O) groups excluding carboxylic acids is 1. The molecular weight excluding hydrogens is 493 g/mol. The number of methoxy groups -OCH3 is 1. The average Bonchev–Trinajstić information content (AvgIpc) is 2.55. The lowest BCUT2D eigenvalue weighted by Gasteiger charge is -2.04. The number of pyridine rings is 2. The topological polar surface area (TPSA) is 89.4 Å². The third-order valence-electron chi connectivity index (χ3n) is 2.68. The first-order valence-corrected chi connectivity index (χ1v) is 8.19. The second-order valence-electron chi connectivity index (χ2n) is 4.26. The summed E-state index contributed by atoms with van der Waals surface area (Å²) in [5.41, 5.74) is -0.450. The van der Waals surface area contributed by atoms with Crippen molar-refractivity contribution >= 4 is 55.4 Å².